The van der Waals surface area contributed by atoms with Gasteiger partial charge in [0.05, 0.1) is 13.0 Å². The van der Waals surface area contributed by atoms with Crippen molar-refractivity contribution >= 4 is 5.97 Å². The highest BCUT2D eigenvalue weighted by Crippen LogP contribution is 2.24. The highest BCUT2D eigenvalue weighted by atomic mass is 16.5. The molecule has 20 heavy (non-hydrogen) atoms. The summed E-state index contributed by atoms with van der Waals surface area (Å²) >= 11 is 0. The Morgan fingerprint density at radius 3 is 2.30 bits per heavy atom. The van der Waals surface area contributed by atoms with Gasteiger partial charge in [-0.25, -0.2) is 0 Å². The minimum absolute atomic E-state index is 0.188. The van der Waals surface area contributed by atoms with Crippen LogP contribution in [-0.2, 0) is 9.53 Å². The van der Waals surface area contributed by atoms with Crippen molar-refractivity contribution in [2.45, 2.75) is 33.6 Å². The molecule has 0 saturated heterocycles. The first-order chi connectivity index (χ1) is 9.36. The molecule has 1 aromatic rings. The first-order valence-corrected chi connectivity index (χ1v) is 7.19. The van der Waals surface area contributed by atoms with E-state index in [-0.39, 0.29) is 17.3 Å². The second-order valence-electron chi connectivity index (χ2n) is 6.41. The minimum atomic E-state index is -0.242. The van der Waals surface area contributed by atoms with Crippen LogP contribution >= 0.6 is 0 Å². The van der Waals surface area contributed by atoms with Gasteiger partial charge in [-0.1, -0.05) is 58.0 Å². The van der Waals surface area contributed by atoms with Gasteiger partial charge in [0.1, 0.15) is 0 Å². The van der Waals surface area contributed by atoms with E-state index in [2.05, 4.69) is 33.0 Å². The maximum Gasteiger partial charge on any atom is 0.314 e. The van der Waals surface area contributed by atoms with Gasteiger partial charge in [0.25, 0.3) is 0 Å². The molecular formula is C17H27NO2. The zero-order chi connectivity index (χ0) is 15.2. The van der Waals surface area contributed by atoms with Gasteiger partial charge in [-0.3, -0.25) is 4.79 Å². The molecule has 2 unspecified atom stereocenters. The zero-order valence-corrected chi connectivity index (χ0v) is 13.3. The number of hydrogen-bond donors (Lipinski definition) is 1. The summed E-state index contributed by atoms with van der Waals surface area (Å²) in [6.07, 6.45) is 0. The van der Waals surface area contributed by atoms with Crippen LogP contribution in [0.5, 0.6) is 0 Å². The van der Waals surface area contributed by atoms with Crippen molar-refractivity contribution in [3.05, 3.63) is 35.9 Å². The van der Waals surface area contributed by atoms with Crippen LogP contribution < -0.4 is 5.32 Å². The Balaban J connectivity index is 2.62. The van der Waals surface area contributed by atoms with Crippen LogP contribution in [0, 0.1) is 11.3 Å². The highest BCUT2D eigenvalue weighted by Gasteiger charge is 2.23. The number of carbonyl (C=O) groups excluding carboxylic acids is 1. The number of methoxy groups -OCH3 is 1. The second-order valence-corrected chi connectivity index (χ2v) is 6.41. The van der Waals surface area contributed by atoms with Crippen molar-refractivity contribution in [3.8, 4) is 0 Å². The Bertz CT molecular complexity index is 409. The third-order valence-electron chi connectivity index (χ3n) is 3.97. The van der Waals surface area contributed by atoms with Gasteiger partial charge in [-0.15, -0.1) is 0 Å². The maximum absolute atomic E-state index is 11.9. The van der Waals surface area contributed by atoms with E-state index in [0.717, 1.165) is 12.1 Å². The molecule has 1 rings (SSSR count). The number of esters is 1. The van der Waals surface area contributed by atoms with E-state index in [9.17, 15) is 4.79 Å². The molecule has 112 valence electrons. The van der Waals surface area contributed by atoms with Crippen molar-refractivity contribution < 1.29 is 9.53 Å². The standard InChI is InChI=1S/C17H27NO2/c1-13(17(2,3)4)11-18-12-15(16(19)20-5)14-9-7-6-8-10-14/h6-10,13,15,18H,11-12H2,1-5H3. The molecule has 0 saturated carbocycles. The number of benzene rings is 1. The Kier molecular flexibility index (Phi) is 6.21. The van der Waals surface area contributed by atoms with Gasteiger partial charge in [0.2, 0.25) is 0 Å². The zero-order valence-electron chi connectivity index (χ0n) is 13.3. The van der Waals surface area contributed by atoms with E-state index < -0.39 is 0 Å². The van der Waals surface area contributed by atoms with E-state index in [1.807, 2.05) is 30.3 Å². The molecule has 3 nitrogen and oxygen atoms in total. The highest BCUT2D eigenvalue weighted by molar-refractivity contribution is 5.78. The minimum Gasteiger partial charge on any atom is -0.469 e. The molecule has 0 amide bonds. The molecule has 1 aromatic carbocycles. The number of nitrogens with one attached hydrogen (secondary N) is 1. The van der Waals surface area contributed by atoms with Crippen LogP contribution in [0.25, 0.3) is 0 Å². The smallest absolute Gasteiger partial charge is 0.314 e. The second kappa shape index (κ2) is 7.44. The number of rotatable bonds is 6. The molecule has 2 atom stereocenters. The molecule has 0 spiro atoms. The molecule has 0 aromatic heterocycles. The lowest BCUT2D eigenvalue weighted by molar-refractivity contribution is -0.142. The third kappa shape index (κ3) is 4.97. The van der Waals surface area contributed by atoms with Gasteiger partial charge in [0, 0.05) is 6.54 Å². The largest absolute Gasteiger partial charge is 0.469 e. The lowest BCUT2D eigenvalue weighted by atomic mass is 9.82. The van der Waals surface area contributed by atoms with Crippen LogP contribution in [0.2, 0.25) is 0 Å². The summed E-state index contributed by atoms with van der Waals surface area (Å²) in [5.41, 5.74) is 1.26. The molecular weight excluding hydrogens is 250 g/mol. The van der Waals surface area contributed by atoms with Crippen molar-refractivity contribution in [1.29, 1.82) is 0 Å². The molecule has 0 bridgehead atoms. The van der Waals surface area contributed by atoms with E-state index >= 15 is 0 Å². The molecule has 0 fully saturated rings. The summed E-state index contributed by atoms with van der Waals surface area (Å²) in [5, 5.41) is 3.40. The molecule has 0 aliphatic carbocycles. The maximum atomic E-state index is 11.9. The summed E-state index contributed by atoms with van der Waals surface area (Å²) in [4.78, 5) is 11.9. The van der Waals surface area contributed by atoms with Crippen LogP contribution in [0.1, 0.15) is 39.2 Å². The molecule has 0 aliphatic rings. The summed E-state index contributed by atoms with van der Waals surface area (Å²) < 4.78 is 4.91. The Morgan fingerprint density at radius 1 is 1.20 bits per heavy atom. The average molecular weight is 277 g/mol. The normalized spacial score (nSPS) is 14.7. The Morgan fingerprint density at radius 2 is 1.80 bits per heavy atom. The van der Waals surface area contributed by atoms with Crippen LogP contribution in [0.4, 0.5) is 0 Å². The predicted molar refractivity (Wildman–Crippen MR) is 82.7 cm³/mol. The van der Waals surface area contributed by atoms with E-state index in [1.54, 1.807) is 0 Å². The van der Waals surface area contributed by atoms with Crippen LogP contribution in [0.3, 0.4) is 0 Å². The molecule has 1 N–H and O–H groups in total. The summed E-state index contributed by atoms with van der Waals surface area (Å²) in [5.74, 6) is 0.108. The molecule has 0 radical (unpaired) electrons. The van der Waals surface area contributed by atoms with E-state index in [1.165, 1.54) is 7.11 Å². The number of hydrogen-bond acceptors (Lipinski definition) is 3. The average Bonchev–Trinajstić information content (AvgIpc) is 2.42. The lowest BCUT2D eigenvalue weighted by Gasteiger charge is -2.28. The predicted octanol–water partition coefficient (Wildman–Crippen LogP) is 3.22. The molecule has 0 aliphatic heterocycles. The molecule has 0 heterocycles. The monoisotopic (exact) mass is 277 g/mol. The van der Waals surface area contributed by atoms with Gasteiger partial charge in [0.15, 0.2) is 0 Å². The van der Waals surface area contributed by atoms with Gasteiger partial charge in [-0.05, 0) is 23.4 Å². The molecule has 3 heteroatoms. The van der Waals surface area contributed by atoms with E-state index in [4.69, 9.17) is 4.74 Å². The first-order valence-electron chi connectivity index (χ1n) is 7.19. The van der Waals surface area contributed by atoms with Gasteiger partial charge in [-0.2, -0.15) is 0 Å². The van der Waals surface area contributed by atoms with Crippen molar-refractivity contribution in [2.75, 3.05) is 20.2 Å². The third-order valence-corrected chi connectivity index (χ3v) is 3.97. The lowest BCUT2D eigenvalue weighted by Crippen LogP contribution is -2.34. The van der Waals surface area contributed by atoms with Crippen molar-refractivity contribution in [3.63, 3.8) is 0 Å². The Hall–Kier alpha value is -1.35. The van der Waals surface area contributed by atoms with Gasteiger partial charge < -0.3 is 10.1 Å². The summed E-state index contributed by atoms with van der Waals surface area (Å²) in [6.45, 7) is 10.4. The van der Waals surface area contributed by atoms with Crippen LogP contribution in [-0.4, -0.2) is 26.2 Å². The van der Waals surface area contributed by atoms with Crippen molar-refractivity contribution in [1.82, 2.24) is 5.32 Å². The van der Waals surface area contributed by atoms with E-state index in [0.29, 0.717) is 12.5 Å². The fourth-order valence-corrected chi connectivity index (χ4v) is 1.92. The Labute approximate surface area is 122 Å². The summed E-state index contributed by atoms with van der Waals surface area (Å²) in [7, 11) is 1.44. The quantitative estimate of drug-likeness (QED) is 0.811. The van der Waals surface area contributed by atoms with Crippen molar-refractivity contribution in [2.24, 2.45) is 11.3 Å². The summed E-state index contributed by atoms with van der Waals surface area (Å²) in [6, 6.07) is 9.78. The first kappa shape index (κ1) is 16.7. The fourth-order valence-electron chi connectivity index (χ4n) is 1.92. The van der Waals surface area contributed by atoms with Gasteiger partial charge >= 0.3 is 5.97 Å². The fraction of sp³-hybridized carbons (Fsp3) is 0.588. The number of ether oxygens (including phenoxy) is 1. The SMILES string of the molecule is COC(=O)C(CNCC(C)C(C)(C)C)c1ccccc1. The topological polar surface area (TPSA) is 38.3 Å². The van der Waals surface area contributed by atoms with Crippen LogP contribution in [0.15, 0.2) is 30.3 Å². The number of carbonyl (C=O) groups is 1.